The number of nitrogens with one attached hydrogen (secondary N) is 1. The van der Waals surface area contributed by atoms with Crippen LogP contribution in [0.4, 0.5) is 5.69 Å². The monoisotopic (exact) mass is 396 g/mol. The van der Waals surface area contributed by atoms with Crippen molar-refractivity contribution in [1.82, 2.24) is 5.32 Å². The molecule has 1 fully saturated rings. The number of hydrogen-bond donors (Lipinski definition) is 1. The van der Waals surface area contributed by atoms with Gasteiger partial charge in [-0.1, -0.05) is 23.7 Å². The molecule has 1 aliphatic rings. The molecule has 1 atom stereocenters. The number of benzene rings is 2. The molecule has 2 heterocycles. The van der Waals surface area contributed by atoms with Crippen molar-refractivity contribution in [2.45, 2.75) is 25.9 Å². The van der Waals surface area contributed by atoms with Gasteiger partial charge in [-0.2, -0.15) is 0 Å². The van der Waals surface area contributed by atoms with Crippen LogP contribution in [0.25, 0.3) is 11.0 Å². The Morgan fingerprint density at radius 1 is 1.25 bits per heavy atom. The van der Waals surface area contributed by atoms with Gasteiger partial charge >= 0.3 is 0 Å². The fourth-order valence-corrected chi connectivity index (χ4v) is 3.45. The molecule has 1 unspecified atom stereocenters. The molecule has 0 bridgehead atoms. The van der Waals surface area contributed by atoms with Crippen molar-refractivity contribution in [2.24, 2.45) is 4.99 Å². The molecule has 144 valence electrons. The van der Waals surface area contributed by atoms with E-state index < -0.39 is 0 Å². The molecule has 0 radical (unpaired) electrons. The van der Waals surface area contributed by atoms with Crippen molar-refractivity contribution in [3.05, 3.63) is 70.2 Å². The maximum Gasteiger partial charge on any atom is 0.256 e. The van der Waals surface area contributed by atoms with E-state index in [2.05, 4.69) is 10.3 Å². The molecule has 4 rings (SSSR count). The van der Waals surface area contributed by atoms with E-state index >= 15 is 0 Å². The quantitative estimate of drug-likeness (QED) is 0.704. The van der Waals surface area contributed by atoms with E-state index in [9.17, 15) is 4.79 Å². The molecule has 0 spiro atoms. The molecule has 28 heavy (non-hydrogen) atoms. The Labute approximate surface area is 168 Å². The van der Waals surface area contributed by atoms with Crippen LogP contribution < -0.4 is 10.9 Å². The number of amides is 1. The molecule has 5 nitrogen and oxygen atoms in total. The molecule has 1 aromatic heterocycles. The summed E-state index contributed by atoms with van der Waals surface area (Å²) >= 11 is 6.10. The van der Waals surface area contributed by atoms with Crippen molar-refractivity contribution >= 4 is 34.2 Å². The second-order valence-corrected chi connectivity index (χ2v) is 7.38. The van der Waals surface area contributed by atoms with Gasteiger partial charge in [-0.3, -0.25) is 4.79 Å². The summed E-state index contributed by atoms with van der Waals surface area (Å²) in [5, 5.41) is 4.27. The van der Waals surface area contributed by atoms with Crippen molar-refractivity contribution in [3.63, 3.8) is 0 Å². The number of halogens is 1. The van der Waals surface area contributed by atoms with E-state index in [0.717, 1.165) is 36.1 Å². The molecule has 0 saturated carbocycles. The van der Waals surface area contributed by atoms with Gasteiger partial charge in [-0.05, 0) is 61.7 Å². The van der Waals surface area contributed by atoms with Gasteiger partial charge in [0, 0.05) is 23.6 Å². The number of rotatable bonds is 4. The fraction of sp³-hybridized carbons (Fsp3) is 0.273. The van der Waals surface area contributed by atoms with Crippen LogP contribution in [-0.4, -0.2) is 25.2 Å². The van der Waals surface area contributed by atoms with E-state index in [0.29, 0.717) is 22.7 Å². The van der Waals surface area contributed by atoms with E-state index in [1.165, 1.54) is 0 Å². The van der Waals surface area contributed by atoms with E-state index in [1.54, 1.807) is 24.3 Å². The molecule has 1 amide bonds. The summed E-state index contributed by atoms with van der Waals surface area (Å²) in [4.78, 5) is 17.5. The zero-order valence-corrected chi connectivity index (χ0v) is 16.3. The first-order chi connectivity index (χ1) is 13.6. The average molecular weight is 397 g/mol. The lowest BCUT2D eigenvalue weighted by atomic mass is 10.1. The maximum absolute atomic E-state index is 12.9. The van der Waals surface area contributed by atoms with Crippen LogP contribution in [0.2, 0.25) is 5.02 Å². The standard InChI is InChI=1S/C22H21ClN2O3/c1-14-4-2-5-17(10-14)25-22-19(21(26)24-13-18-6-3-9-27-18)12-15-11-16(23)7-8-20(15)28-22/h2,4-5,7-8,10-12,18H,3,6,9,13H2,1H3,(H,24,26). The maximum atomic E-state index is 12.9. The molecular weight excluding hydrogens is 376 g/mol. The first-order valence-corrected chi connectivity index (χ1v) is 9.71. The minimum Gasteiger partial charge on any atom is -0.438 e. The summed E-state index contributed by atoms with van der Waals surface area (Å²) in [6.45, 7) is 3.21. The highest BCUT2D eigenvalue weighted by Gasteiger charge is 2.18. The molecule has 3 aromatic rings. The van der Waals surface area contributed by atoms with E-state index in [1.807, 2.05) is 31.2 Å². The second kappa shape index (κ2) is 8.17. The predicted octanol–water partition coefficient (Wildman–Crippen LogP) is 4.54. The predicted molar refractivity (Wildman–Crippen MR) is 109 cm³/mol. The van der Waals surface area contributed by atoms with Crippen LogP contribution in [0.1, 0.15) is 28.8 Å². The minimum absolute atomic E-state index is 0.0629. The van der Waals surface area contributed by atoms with Crippen LogP contribution in [0, 0.1) is 6.92 Å². The Morgan fingerprint density at radius 3 is 2.93 bits per heavy atom. The zero-order valence-electron chi connectivity index (χ0n) is 15.6. The van der Waals surface area contributed by atoms with Gasteiger partial charge in [0.1, 0.15) is 11.1 Å². The molecule has 6 heteroatoms. The van der Waals surface area contributed by atoms with Gasteiger partial charge in [0.05, 0.1) is 11.8 Å². The summed E-state index contributed by atoms with van der Waals surface area (Å²) in [6, 6.07) is 14.8. The molecule has 0 aliphatic carbocycles. The van der Waals surface area contributed by atoms with Crippen LogP contribution in [-0.2, 0) is 4.74 Å². The van der Waals surface area contributed by atoms with Gasteiger partial charge in [-0.25, -0.2) is 4.99 Å². The third-order valence-corrected chi connectivity index (χ3v) is 4.94. The number of fused-ring (bicyclic) bond motifs is 1. The van der Waals surface area contributed by atoms with Crippen LogP contribution >= 0.6 is 11.6 Å². The summed E-state index contributed by atoms with van der Waals surface area (Å²) < 4.78 is 11.6. The summed E-state index contributed by atoms with van der Waals surface area (Å²) in [6.07, 6.45) is 2.05. The van der Waals surface area contributed by atoms with Crippen molar-refractivity contribution in [3.8, 4) is 0 Å². The molecule has 1 N–H and O–H groups in total. The summed E-state index contributed by atoms with van der Waals surface area (Å²) in [5.74, 6) is -0.243. The molecular formula is C22H21ClN2O3. The molecule has 2 aromatic carbocycles. The first-order valence-electron chi connectivity index (χ1n) is 9.33. The number of carbonyl (C=O) groups is 1. The Kier molecular flexibility index (Phi) is 5.46. The first kappa shape index (κ1) is 18.7. The van der Waals surface area contributed by atoms with Gasteiger partial charge in [-0.15, -0.1) is 0 Å². The normalized spacial score (nSPS) is 17.2. The highest BCUT2D eigenvalue weighted by atomic mass is 35.5. The Hall–Kier alpha value is -2.63. The van der Waals surface area contributed by atoms with Gasteiger partial charge in [0.15, 0.2) is 0 Å². The van der Waals surface area contributed by atoms with E-state index in [4.69, 9.17) is 20.8 Å². The van der Waals surface area contributed by atoms with Crippen molar-refractivity contribution in [1.29, 1.82) is 0 Å². The van der Waals surface area contributed by atoms with Gasteiger partial charge < -0.3 is 14.5 Å². The Bertz CT molecular complexity index is 1080. The number of hydrogen-bond acceptors (Lipinski definition) is 4. The smallest absolute Gasteiger partial charge is 0.256 e. The SMILES string of the molecule is Cc1cccc(N=c2oc3ccc(Cl)cc3cc2C(=O)NCC2CCCO2)c1. The van der Waals surface area contributed by atoms with Crippen LogP contribution in [0.5, 0.6) is 0 Å². The zero-order chi connectivity index (χ0) is 19.5. The lowest BCUT2D eigenvalue weighted by Crippen LogP contribution is -2.34. The third-order valence-electron chi connectivity index (χ3n) is 4.70. The number of nitrogens with zero attached hydrogens (tertiary/aromatic N) is 1. The molecule has 1 saturated heterocycles. The van der Waals surface area contributed by atoms with E-state index in [-0.39, 0.29) is 17.6 Å². The van der Waals surface area contributed by atoms with Gasteiger partial charge in [0.2, 0.25) is 5.55 Å². The van der Waals surface area contributed by atoms with Crippen LogP contribution in [0.15, 0.2) is 57.9 Å². The lowest BCUT2D eigenvalue weighted by molar-refractivity contribution is 0.0854. The molecule has 1 aliphatic heterocycles. The Balaban J connectivity index is 1.76. The lowest BCUT2D eigenvalue weighted by Gasteiger charge is -2.11. The number of ether oxygens (including phenoxy) is 1. The van der Waals surface area contributed by atoms with Crippen LogP contribution in [0.3, 0.4) is 0 Å². The summed E-state index contributed by atoms with van der Waals surface area (Å²) in [7, 11) is 0. The van der Waals surface area contributed by atoms with Gasteiger partial charge in [0.25, 0.3) is 5.91 Å². The number of carbonyl (C=O) groups excluding carboxylic acids is 1. The van der Waals surface area contributed by atoms with Crippen molar-refractivity contribution in [2.75, 3.05) is 13.2 Å². The third kappa shape index (κ3) is 4.26. The highest BCUT2D eigenvalue weighted by Crippen LogP contribution is 2.20. The highest BCUT2D eigenvalue weighted by molar-refractivity contribution is 6.31. The number of aryl methyl sites for hydroxylation is 1. The fourth-order valence-electron chi connectivity index (χ4n) is 3.27. The largest absolute Gasteiger partial charge is 0.438 e. The second-order valence-electron chi connectivity index (χ2n) is 6.94. The Morgan fingerprint density at radius 2 is 2.14 bits per heavy atom. The minimum atomic E-state index is -0.243. The summed E-state index contributed by atoms with van der Waals surface area (Å²) in [5.41, 5.74) is 3.06. The van der Waals surface area contributed by atoms with Crippen molar-refractivity contribution < 1.29 is 13.9 Å². The topological polar surface area (TPSA) is 63.8 Å². The average Bonchev–Trinajstić information content (AvgIpc) is 3.19.